The summed E-state index contributed by atoms with van der Waals surface area (Å²) in [5.74, 6) is 1.77. The molecule has 1 aliphatic heterocycles. The molecule has 0 radical (unpaired) electrons. The molecular weight excluding hydrogens is 273 g/mol. The fourth-order valence-electron chi connectivity index (χ4n) is 2.34. The molecule has 1 heterocycles. The van der Waals surface area contributed by atoms with Crippen molar-refractivity contribution in [1.82, 2.24) is 4.90 Å². The van der Waals surface area contributed by atoms with Crippen molar-refractivity contribution in [3.63, 3.8) is 0 Å². The summed E-state index contributed by atoms with van der Waals surface area (Å²) in [7, 11) is 1.92. The highest BCUT2D eigenvalue weighted by Gasteiger charge is 2.37. The third-order valence-corrected chi connectivity index (χ3v) is 4.53. The standard InChI is InChI=1S/C13H17F3N2S/c1-18-6-7-19-8-11(18)12(17)9-4-2-3-5-10(9)13(14,15)16/h2-5,11-12H,6-8,17H2,1H3. The van der Waals surface area contributed by atoms with Gasteiger partial charge in [0.15, 0.2) is 0 Å². The normalized spacial score (nSPS) is 23.3. The molecule has 2 atom stereocenters. The van der Waals surface area contributed by atoms with Gasteiger partial charge in [0.1, 0.15) is 0 Å². The molecule has 2 rings (SSSR count). The van der Waals surface area contributed by atoms with Gasteiger partial charge in [-0.05, 0) is 18.7 Å². The summed E-state index contributed by atoms with van der Waals surface area (Å²) in [4.78, 5) is 2.05. The predicted molar refractivity (Wildman–Crippen MR) is 72.1 cm³/mol. The maximum atomic E-state index is 13.0. The number of alkyl halides is 3. The van der Waals surface area contributed by atoms with E-state index in [9.17, 15) is 13.2 Å². The zero-order chi connectivity index (χ0) is 14.0. The number of hydrogen-bond donors (Lipinski definition) is 1. The van der Waals surface area contributed by atoms with Gasteiger partial charge in [0.2, 0.25) is 0 Å². The zero-order valence-corrected chi connectivity index (χ0v) is 11.5. The number of benzene rings is 1. The van der Waals surface area contributed by atoms with Crippen molar-refractivity contribution in [2.24, 2.45) is 5.73 Å². The summed E-state index contributed by atoms with van der Waals surface area (Å²) in [5, 5.41) is 0. The van der Waals surface area contributed by atoms with Crippen molar-refractivity contribution in [2.75, 3.05) is 25.1 Å². The Labute approximate surface area is 115 Å². The van der Waals surface area contributed by atoms with Crippen LogP contribution < -0.4 is 5.73 Å². The molecule has 0 saturated carbocycles. The molecule has 0 amide bonds. The van der Waals surface area contributed by atoms with Gasteiger partial charge in [0, 0.05) is 30.1 Å². The Morgan fingerprint density at radius 3 is 2.68 bits per heavy atom. The van der Waals surface area contributed by atoms with Gasteiger partial charge in [-0.2, -0.15) is 24.9 Å². The van der Waals surface area contributed by atoms with Crippen LogP contribution in [0.4, 0.5) is 13.2 Å². The SMILES string of the molecule is CN1CCSCC1C(N)c1ccccc1C(F)(F)F. The molecule has 1 aromatic rings. The Hall–Kier alpha value is -0.720. The number of hydrogen-bond acceptors (Lipinski definition) is 3. The molecule has 1 aromatic carbocycles. The first-order valence-electron chi connectivity index (χ1n) is 6.11. The van der Waals surface area contributed by atoms with Crippen LogP contribution in [0.5, 0.6) is 0 Å². The van der Waals surface area contributed by atoms with E-state index in [4.69, 9.17) is 5.73 Å². The third kappa shape index (κ3) is 3.24. The van der Waals surface area contributed by atoms with Crippen molar-refractivity contribution in [3.05, 3.63) is 35.4 Å². The van der Waals surface area contributed by atoms with E-state index in [1.54, 1.807) is 17.8 Å². The molecule has 2 nitrogen and oxygen atoms in total. The predicted octanol–water partition coefficient (Wildman–Crippen LogP) is 2.75. The number of thioether (sulfide) groups is 1. The van der Waals surface area contributed by atoms with Crippen molar-refractivity contribution in [3.8, 4) is 0 Å². The number of rotatable bonds is 2. The number of nitrogens with zero attached hydrogens (tertiary/aromatic N) is 1. The summed E-state index contributed by atoms with van der Waals surface area (Å²) >= 11 is 1.74. The van der Waals surface area contributed by atoms with E-state index in [1.807, 2.05) is 11.9 Å². The molecule has 0 aromatic heterocycles. The van der Waals surface area contributed by atoms with E-state index in [2.05, 4.69) is 0 Å². The lowest BCUT2D eigenvalue weighted by atomic mass is 9.95. The highest BCUT2D eigenvalue weighted by molar-refractivity contribution is 7.99. The minimum atomic E-state index is -4.35. The van der Waals surface area contributed by atoms with Gasteiger partial charge in [0.05, 0.1) is 5.56 Å². The van der Waals surface area contributed by atoms with E-state index in [0.717, 1.165) is 24.1 Å². The van der Waals surface area contributed by atoms with Gasteiger partial charge in [-0.3, -0.25) is 4.90 Å². The molecule has 106 valence electrons. The maximum absolute atomic E-state index is 13.0. The van der Waals surface area contributed by atoms with Crippen LogP contribution in [0, 0.1) is 0 Å². The minimum Gasteiger partial charge on any atom is -0.323 e. The first-order valence-corrected chi connectivity index (χ1v) is 7.26. The van der Waals surface area contributed by atoms with Crippen molar-refractivity contribution < 1.29 is 13.2 Å². The summed E-state index contributed by atoms with van der Waals surface area (Å²) < 4.78 is 39.0. The molecular formula is C13H17F3N2S. The lowest BCUT2D eigenvalue weighted by molar-refractivity contribution is -0.138. The van der Waals surface area contributed by atoms with E-state index in [0.29, 0.717) is 0 Å². The molecule has 2 N–H and O–H groups in total. The second kappa shape index (κ2) is 5.73. The van der Waals surface area contributed by atoms with E-state index in [-0.39, 0.29) is 11.6 Å². The Balaban J connectivity index is 2.30. The molecule has 0 bridgehead atoms. The van der Waals surface area contributed by atoms with Gasteiger partial charge in [0.25, 0.3) is 0 Å². The second-order valence-corrected chi connectivity index (χ2v) is 5.88. The first-order chi connectivity index (χ1) is 8.91. The molecule has 0 aliphatic carbocycles. The smallest absolute Gasteiger partial charge is 0.323 e. The first kappa shape index (κ1) is 14.7. The van der Waals surface area contributed by atoms with Crippen LogP contribution in [-0.2, 0) is 6.18 Å². The Bertz CT molecular complexity index is 436. The molecule has 1 saturated heterocycles. The zero-order valence-electron chi connectivity index (χ0n) is 10.7. The minimum absolute atomic E-state index is 0.0535. The molecule has 2 unspecified atom stereocenters. The summed E-state index contributed by atoms with van der Waals surface area (Å²) in [6.45, 7) is 0.858. The lowest BCUT2D eigenvalue weighted by Crippen LogP contribution is -2.46. The summed E-state index contributed by atoms with van der Waals surface area (Å²) in [6.07, 6.45) is -4.35. The van der Waals surface area contributed by atoms with Gasteiger partial charge >= 0.3 is 6.18 Å². The Kier molecular flexibility index (Phi) is 4.43. The van der Waals surface area contributed by atoms with Crippen LogP contribution in [0.25, 0.3) is 0 Å². The van der Waals surface area contributed by atoms with Gasteiger partial charge in [-0.1, -0.05) is 18.2 Å². The van der Waals surface area contributed by atoms with Crippen molar-refractivity contribution in [2.45, 2.75) is 18.3 Å². The molecule has 1 aliphatic rings. The van der Waals surface area contributed by atoms with Gasteiger partial charge < -0.3 is 5.73 Å². The van der Waals surface area contributed by atoms with Crippen LogP contribution in [0.1, 0.15) is 17.2 Å². The average Bonchev–Trinajstić information content (AvgIpc) is 2.37. The van der Waals surface area contributed by atoms with Crippen LogP contribution in [0.3, 0.4) is 0 Å². The van der Waals surface area contributed by atoms with Crippen molar-refractivity contribution in [1.29, 1.82) is 0 Å². The topological polar surface area (TPSA) is 29.3 Å². The highest BCUT2D eigenvalue weighted by atomic mass is 32.2. The molecule has 19 heavy (non-hydrogen) atoms. The van der Waals surface area contributed by atoms with Gasteiger partial charge in [-0.25, -0.2) is 0 Å². The summed E-state index contributed by atoms with van der Waals surface area (Å²) in [6, 6.07) is 4.93. The van der Waals surface area contributed by atoms with E-state index >= 15 is 0 Å². The quantitative estimate of drug-likeness (QED) is 0.908. The van der Waals surface area contributed by atoms with Gasteiger partial charge in [-0.15, -0.1) is 0 Å². The average molecular weight is 290 g/mol. The van der Waals surface area contributed by atoms with Crippen LogP contribution >= 0.6 is 11.8 Å². The summed E-state index contributed by atoms with van der Waals surface area (Å²) in [5.41, 5.74) is 5.67. The van der Waals surface area contributed by atoms with E-state index < -0.39 is 17.8 Å². The van der Waals surface area contributed by atoms with Crippen LogP contribution in [-0.4, -0.2) is 36.0 Å². The molecule has 0 spiro atoms. The molecule has 6 heteroatoms. The Morgan fingerprint density at radius 1 is 1.37 bits per heavy atom. The largest absolute Gasteiger partial charge is 0.416 e. The van der Waals surface area contributed by atoms with Crippen LogP contribution in [0.2, 0.25) is 0 Å². The van der Waals surface area contributed by atoms with Crippen LogP contribution in [0.15, 0.2) is 24.3 Å². The molecule has 1 fully saturated rings. The fourth-order valence-corrected chi connectivity index (χ4v) is 3.62. The second-order valence-electron chi connectivity index (χ2n) is 4.73. The number of nitrogens with two attached hydrogens (primary N) is 1. The fraction of sp³-hybridized carbons (Fsp3) is 0.538. The Morgan fingerprint density at radius 2 is 2.05 bits per heavy atom. The maximum Gasteiger partial charge on any atom is 0.416 e. The number of likely N-dealkylation sites (N-methyl/N-ethyl adjacent to an activating group) is 1. The third-order valence-electron chi connectivity index (χ3n) is 3.48. The monoisotopic (exact) mass is 290 g/mol. The lowest BCUT2D eigenvalue weighted by Gasteiger charge is -2.36. The highest BCUT2D eigenvalue weighted by Crippen LogP contribution is 2.36. The van der Waals surface area contributed by atoms with E-state index in [1.165, 1.54) is 12.1 Å². The number of halogens is 3. The van der Waals surface area contributed by atoms with Crippen molar-refractivity contribution >= 4 is 11.8 Å².